The highest BCUT2D eigenvalue weighted by Crippen LogP contribution is 2.36. The summed E-state index contributed by atoms with van der Waals surface area (Å²) in [6.45, 7) is 1.90. The molecular formula is C19H18ClN3O2S. The number of carbonyl (C=O) groups is 1. The molecule has 2 aromatic carbocycles. The normalized spacial score (nSPS) is 14.3. The van der Waals surface area contributed by atoms with Crippen molar-refractivity contribution in [2.24, 2.45) is 5.92 Å². The summed E-state index contributed by atoms with van der Waals surface area (Å²) in [4.78, 5) is 19.1. The summed E-state index contributed by atoms with van der Waals surface area (Å²) in [5.41, 5.74) is 1.92. The van der Waals surface area contributed by atoms with Gasteiger partial charge in [0.15, 0.2) is 5.13 Å². The summed E-state index contributed by atoms with van der Waals surface area (Å²) in [6.07, 6.45) is 0. The van der Waals surface area contributed by atoms with Gasteiger partial charge in [0.25, 0.3) is 0 Å². The van der Waals surface area contributed by atoms with Crippen LogP contribution < -0.4 is 15.0 Å². The van der Waals surface area contributed by atoms with E-state index in [1.54, 1.807) is 18.4 Å². The zero-order chi connectivity index (χ0) is 18.1. The molecule has 1 saturated heterocycles. The molecule has 0 radical (unpaired) electrons. The van der Waals surface area contributed by atoms with Crippen molar-refractivity contribution < 1.29 is 9.53 Å². The van der Waals surface area contributed by atoms with Gasteiger partial charge >= 0.3 is 0 Å². The van der Waals surface area contributed by atoms with Gasteiger partial charge in [0.1, 0.15) is 11.3 Å². The van der Waals surface area contributed by atoms with Gasteiger partial charge in [-0.05, 0) is 29.8 Å². The van der Waals surface area contributed by atoms with Gasteiger partial charge in [-0.1, -0.05) is 41.1 Å². The van der Waals surface area contributed by atoms with Crippen LogP contribution in [0.25, 0.3) is 10.2 Å². The molecule has 0 atom stereocenters. The Morgan fingerprint density at radius 1 is 1.31 bits per heavy atom. The van der Waals surface area contributed by atoms with E-state index in [1.165, 1.54) is 0 Å². The van der Waals surface area contributed by atoms with E-state index in [4.69, 9.17) is 16.3 Å². The first-order chi connectivity index (χ1) is 12.6. The number of hydrogen-bond donors (Lipinski definition) is 1. The van der Waals surface area contributed by atoms with E-state index in [-0.39, 0.29) is 11.8 Å². The number of rotatable bonds is 5. The molecule has 4 rings (SSSR count). The highest BCUT2D eigenvalue weighted by atomic mass is 35.5. The number of carbonyl (C=O) groups excluding carboxylic acids is 1. The lowest BCUT2D eigenvalue weighted by Gasteiger charge is -2.37. The number of amides is 1. The SMILES string of the molecule is COc1cccc2sc(N3CC(C(=O)NCc4ccc(Cl)cc4)C3)nc12. The van der Waals surface area contributed by atoms with Crippen molar-refractivity contribution in [2.75, 3.05) is 25.1 Å². The molecule has 26 heavy (non-hydrogen) atoms. The zero-order valence-electron chi connectivity index (χ0n) is 14.2. The minimum absolute atomic E-state index is 0.00351. The molecule has 0 aliphatic carbocycles. The van der Waals surface area contributed by atoms with Crippen molar-refractivity contribution in [3.8, 4) is 5.75 Å². The molecule has 1 aliphatic rings. The lowest BCUT2D eigenvalue weighted by molar-refractivity contribution is -0.125. The largest absolute Gasteiger partial charge is 0.494 e. The van der Waals surface area contributed by atoms with Crippen LogP contribution in [0.4, 0.5) is 5.13 Å². The number of benzene rings is 2. The Morgan fingerprint density at radius 2 is 2.08 bits per heavy atom. The van der Waals surface area contributed by atoms with Crippen LogP contribution in [-0.2, 0) is 11.3 Å². The maximum Gasteiger partial charge on any atom is 0.226 e. The van der Waals surface area contributed by atoms with E-state index in [1.807, 2.05) is 42.5 Å². The van der Waals surface area contributed by atoms with Crippen molar-refractivity contribution in [3.05, 3.63) is 53.1 Å². The Morgan fingerprint density at radius 3 is 2.81 bits per heavy atom. The standard InChI is InChI=1S/C19H18ClN3O2S/c1-25-15-3-2-4-16-17(15)22-19(26-16)23-10-13(11-23)18(24)21-9-12-5-7-14(20)8-6-12/h2-8,13H,9-11H2,1H3,(H,21,24). The van der Waals surface area contributed by atoms with Crippen molar-refractivity contribution in [2.45, 2.75) is 6.54 Å². The summed E-state index contributed by atoms with van der Waals surface area (Å²) >= 11 is 7.50. The van der Waals surface area contributed by atoms with Crippen LogP contribution in [0.3, 0.4) is 0 Å². The maximum atomic E-state index is 12.3. The molecule has 1 aliphatic heterocycles. The first-order valence-corrected chi connectivity index (χ1v) is 9.54. The minimum atomic E-state index is -0.00351. The Hall–Kier alpha value is -2.31. The highest BCUT2D eigenvalue weighted by Gasteiger charge is 2.34. The van der Waals surface area contributed by atoms with E-state index in [2.05, 4.69) is 15.2 Å². The number of hydrogen-bond acceptors (Lipinski definition) is 5. The third kappa shape index (κ3) is 3.34. The number of ether oxygens (including phenoxy) is 1. The molecule has 0 unspecified atom stereocenters. The fourth-order valence-electron chi connectivity index (χ4n) is 2.95. The summed E-state index contributed by atoms with van der Waals surface area (Å²) in [5.74, 6) is 0.855. The molecule has 1 fully saturated rings. The molecule has 3 aromatic rings. The van der Waals surface area contributed by atoms with Crippen molar-refractivity contribution >= 4 is 44.2 Å². The predicted octanol–water partition coefficient (Wildman–Crippen LogP) is 3.71. The molecule has 1 aromatic heterocycles. The second-order valence-corrected chi connectivity index (χ2v) is 7.70. The first kappa shape index (κ1) is 17.1. The Labute approximate surface area is 160 Å². The van der Waals surface area contributed by atoms with Gasteiger partial charge in [0, 0.05) is 24.7 Å². The smallest absolute Gasteiger partial charge is 0.226 e. The maximum absolute atomic E-state index is 12.3. The highest BCUT2D eigenvalue weighted by molar-refractivity contribution is 7.22. The van der Waals surface area contributed by atoms with Gasteiger partial charge in [-0.15, -0.1) is 0 Å². The van der Waals surface area contributed by atoms with Crippen molar-refractivity contribution in [1.29, 1.82) is 0 Å². The average Bonchev–Trinajstić information content (AvgIpc) is 3.03. The predicted molar refractivity (Wildman–Crippen MR) is 105 cm³/mol. The lowest BCUT2D eigenvalue weighted by atomic mass is 10.00. The van der Waals surface area contributed by atoms with Gasteiger partial charge in [0.2, 0.25) is 5.91 Å². The number of methoxy groups -OCH3 is 1. The number of fused-ring (bicyclic) bond motifs is 1. The fourth-order valence-corrected chi connectivity index (χ4v) is 4.08. The topological polar surface area (TPSA) is 54.5 Å². The minimum Gasteiger partial charge on any atom is -0.494 e. The van der Waals surface area contributed by atoms with Crippen LogP contribution >= 0.6 is 22.9 Å². The summed E-state index contributed by atoms with van der Waals surface area (Å²) < 4.78 is 6.46. The van der Waals surface area contributed by atoms with E-state index in [0.717, 1.165) is 26.7 Å². The summed E-state index contributed by atoms with van der Waals surface area (Å²) in [6, 6.07) is 13.4. The molecule has 0 spiro atoms. The lowest BCUT2D eigenvalue weighted by Crippen LogP contribution is -2.53. The van der Waals surface area contributed by atoms with E-state index in [0.29, 0.717) is 24.7 Å². The van der Waals surface area contributed by atoms with Crippen molar-refractivity contribution in [3.63, 3.8) is 0 Å². The first-order valence-electron chi connectivity index (χ1n) is 8.34. The van der Waals surface area contributed by atoms with E-state index >= 15 is 0 Å². The van der Waals surface area contributed by atoms with Crippen LogP contribution in [0, 0.1) is 5.92 Å². The second kappa shape index (κ2) is 7.13. The molecule has 1 amide bonds. The Bertz CT molecular complexity index is 936. The van der Waals surface area contributed by atoms with Gasteiger partial charge in [-0.3, -0.25) is 4.79 Å². The molecular weight excluding hydrogens is 370 g/mol. The molecule has 134 valence electrons. The van der Waals surface area contributed by atoms with Gasteiger partial charge in [-0.25, -0.2) is 4.98 Å². The van der Waals surface area contributed by atoms with E-state index in [9.17, 15) is 4.79 Å². The number of halogens is 1. The molecule has 0 saturated carbocycles. The Kier molecular flexibility index (Phi) is 4.70. The third-order valence-electron chi connectivity index (χ3n) is 4.49. The average molecular weight is 388 g/mol. The summed E-state index contributed by atoms with van der Waals surface area (Å²) in [7, 11) is 1.65. The summed E-state index contributed by atoms with van der Waals surface area (Å²) in [5, 5.41) is 4.62. The van der Waals surface area contributed by atoms with E-state index < -0.39 is 0 Å². The van der Waals surface area contributed by atoms with Crippen LogP contribution in [-0.4, -0.2) is 31.1 Å². The molecule has 1 N–H and O–H groups in total. The number of para-hydroxylation sites is 1. The van der Waals surface area contributed by atoms with Crippen LogP contribution in [0.2, 0.25) is 5.02 Å². The third-order valence-corrected chi connectivity index (χ3v) is 5.83. The molecule has 5 nitrogen and oxygen atoms in total. The molecule has 2 heterocycles. The Balaban J connectivity index is 1.34. The quantitative estimate of drug-likeness (QED) is 0.725. The second-order valence-electron chi connectivity index (χ2n) is 6.25. The number of aromatic nitrogens is 1. The van der Waals surface area contributed by atoms with Gasteiger partial charge in [0.05, 0.1) is 17.7 Å². The van der Waals surface area contributed by atoms with Gasteiger partial charge in [-0.2, -0.15) is 0 Å². The van der Waals surface area contributed by atoms with Crippen LogP contribution in [0.15, 0.2) is 42.5 Å². The van der Waals surface area contributed by atoms with Crippen LogP contribution in [0.5, 0.6) is 5.75 Å². The van der Waals surface area contributed by atoms with Crippen molar-refractivity contribution in [1.82, 2.24) is 10.3 Å². The number of anilines is 1. The molecule has 0 bridgehead atoms. The van der Waals surface area contributed by atoms with Gasteiger partial charge < -0.3 is 15.0 Å². The van der Waals surface area contributed by atoms with Crippen LogP contribution in [0.1, 0.15) is 5.56 Å². The number of thiazole rings is 1. The zero-order valence-corrected chi connectivity index (χ0v) is 15.8. The fraction of sp³-hybridized carbons (Fsp3) is 0.263. The number of nitrogens with zero attached hydrogens (tertiary/aromatic N) is 2. The monoisotopic (exact) mass is 387 g/mol. The molecule has 7 heteroatoms. The number of nitrogens with one attached hydrogen (secondary N) is 1.